The Morgan fingerprint density at radius 2 is 2.10 bits per heavy atom. The molecule has 0 saturated heterocycles. The predicted octanol–water partition coefficient (Wildman–Crippen LogP) is 2.46. The number of pyridine rings is 1. The van der Waals surface area contributed by atoms with E-state index in [1.807, 2.05) is 19.1 Å². The minimum atomic E-state index is 0.277. The minimum Gasteiger partial charge on any atom is -0.368 e. The lowest BCUT2D eigenvalue weighted by molar-refractivity contribution is 0.779. The lowest BCUT2D eigenvalue weighted by Crippen LogP contribution is -2.04. The first-order chi connectivity index (χ1) is 9.69. The average Bonchev–Trinajstić information content (AvgIpc) is 2.76. The molecule has 104 valence electrons. The monoisotopic (exact) mass is 288 g/mol. The Bertz CT molecular complexity index is 766. The fraction of sp³-hybridized carbons (Fsp3) is 0.385. The quantitative estimate of drug-likeness (QED) is 0.586. The summed E-state index contributed by atoms with van der Waals surface area (Å²) in [5, 5.41) is 6.18. The summed E-state index contributed by atoms with van der Waals surface area (Å²) in [6.07, 6.45) is 2.28. The van der Waals surface area contributed by atoms with Crippen LogP contribution in [0.3, 0.4) is 0 Å². The van der Waals surface area contributed by atoms with Gasteiger partial charge in [0.2, 0.25) is 5.95 Å². The maximum atomic E-state index is 5.81. The van der Waals surface area contributed by atoms with Gasteiger partial charge in [0.1, 0.15) is 0 Å². The van der Waals surface area contributed by atoms with Crippen molar-refractivity contribution < 1.29 is 0 Å². The number of fused-ring (bicyclic) bond motifs is 3. The summed E-state index contributed by atoms with van der Waals surface area (Å²) in [6.45, 7) is 4.11. The number of hydrogen-bond donors (Lipinski definition) is 1. The molecule has 0 spiro atoms. The van der Waals surface area contributed by atoms with E-state index in [0.29, 0.717) is 5.65 Å². The van der Waals surface area contributed by atoms with Gasteiger partial charge in [-0.15, -0.1) is 5.10 Å². The number of nitrogen functional groups attached to an aromatic ring is 1. The standard InChI is InChI=1S/C13H16N6S/c1-3-4-7-20-13-17-12(14)16-11-9-6-5-8(2)15-10(9)18-19(11)13/h5-6H,3-4,7H2,1-2H3,(H2,14,16). The topological polar surface area (TPSA) is 82.0 Å². The van der Waals surface area contributed by atoms with E-state index in [4.69, 9.17) is 5.73 Å². The summed E-state index contributed by atoms with van der Waals surface area (Å²) >= 11 is 1.65. The van der Waals surface area contributed by atoms with Gasteiger partial charge < -0.3 is 5.73 Å². The Balaban J connectivity index is 2.17. The summed E-state index contributed by atoms with van der Waals surface area (Å²) in [6, 6.07) is 3.93. The molecule has 3 heterocycles. The second-order valence-corrected chi connectivity index (χ2v) is 5.69. The zero-order valence-electron chi connectivity index (χ0n) is 11.5. The summed E-state index contributed by atoms with van der Waals surface area (Å²) in [4.78, 5) is 13.0. The van der Waals surface area contributed by atoms with Crippen molar-refractivity contribution in [1.82, 2.24) is 24.6 Å². The molecule has 0 bridgehead atoms. The third kappa shape index (κ3) is 2.29. The number of anilines is 1. The van der Waals surface area contributed by atoms with Crippen LogP contribution in [0.15, 0.2) is 17.3 Å². The molecule has 0 aromatic carbocycles. The Hall–Kier alpha value is -1.89. The minimum absolute atomic E-state index is 0.277. The second kappa shape index (κ2) is 5.24. The number of nitrogens with two attached hydrogens (primary N) is 1. The predicted molar refractivity (Wildman–Crippen MR) is 80.9 cm³/mol. The van der Waals surface area contributed by atoms with Gasteiger partial charge in [0.15, 0.2) is 16.5 Å². The van der Waals surface area contributed by atoms with Gasteiger partial charge in [0, 0.05) is 11.4 Å². The summed E-state index contributed by atoms with van der Waals surface area (Å²) in [7, 11) is 0. The van der Waals surface area contributed by atoms with Crippen LogP contribution in [0.5, 0.6) is 0 Å². The Labute approximate surface area is 120 Å². The van der Waals surface area contributed by atoms with Crippen molar-refractivity contribution in [3.8, 4) is 0 Å². The van der Waals surface area contributed by atoms with Gasteiger partial charge in [-0.2, -0.15) is 14.5 Å². The van der Waals surface area contributed by atoms with Crippen LogP contribution in [0, 0.1) is 6.92 Å². The molecule has 0 amide bonds. The van der Waals surface area contributed by atoms with E-state index in [1.165, 1.54) is 0 Å². The number of nitrogens with zero attached hydrogens (tertiary/aromatic N) is 5. The Morgan fingerprint density at radius 3 is 2.90 bits per heavy atom. The van der Waals surface area contributed by atoms with Crippen LogP contribution in [-0.2, 0) is 0 Å². The molecule has 0 aliphatic carbocycles. The molecule has 0 radical (unpaired) electrons. The van der Waals surface area contributed by atoms with E-state index in [2.05, 4.69) is 27.0 Å². The zero-order valence-corrected chi connectivity index (χ0v) is 12.3. The van der Waals surface area contributed by atoms with Crippen molar-refractivity contribution >= 4 is 34.4 Å². The van der Waals surface area contributed by atoms with E-state index >= 15 is 0 Å². The highest BCUT2D eigenvalue weighted by Crippen LogP contribution is 2.23. The molecule has 0 unspecified atom stereocenters. The van der Waals surface area contributed by atoms with Gasteiger partial charge in [0.25, 0.3) is 0 Å². The van der Waals surface area contributed by atoms with Gasteiger partial charge in [-0.05, 0) is 25.5 Å². The van der Waals surface area contributed by atoms with Crippen LogP contribution < -0.4 is 5.73 Å². The first-order valence-electron chi connectivity index (χ1n) is 6.61. The van der Waals surface area contributed by atoms with Crippen LogP contribution in [-0.4, -0.2) is 30.3 Å². The van der Waals surface area contributed by atoms with Crippen LogP contribution in [0.1, 0.15) is 25.5 Å². The number of thioether (sulfide) groups is 1. The molecule has 0 saturated carbocycles. The number of aryl methyl sites for hydroxylation is 1. The third-order valence-corrected chi connectivity index (χ3v) is 4.01. The van der Waals surface area contributed by atoms with Gasteiger partial charge in [-0.3, -0.25) is 0 Å². The van der Waals surface area contributed by atoms with Crippen molar-refractivity contribution in [3.05, 3.63) is 17.8 Å². The highest BCUT2D eigenvalue weighted by Gasteiger charge is 2.13. The van der Waals surface area contributed by atoms with Crippen molar-refractivity contribution in [2.45, 2.75) is 31.8 Å². The van der Waals surface area contributed by atoms with Gasteiger partial charge in [0.05, 0.1) is 5.39 Å². The molecule has 0 aliphatic rings. The summed E-state index contributed by atoms with van der Waals surface area (Å²) in [5.74, 6) is 1.27. The molecular formula is C13H16N6S. The van der Waals surface area contributed by atoms with E-state index in [0.717, 1.165) is 40.5 Å². The lowest BCUT2D eigenvalue weighted by atomic mass is 10.3. The third-order valence-electron chi connectivity index (χ3n) is 2.99. The highest BCUT2D eigenvalue weighted by molar-refractivity contribution is 7.99. The van der Waals surface area contributed by atoms with Crippen LogP contribution >= 0.6 is 11.8 Å². The van der Waals surface area contributed by atoms with Gasteiger partial charge in [-0.1, -0.05) is 25.1 Å². The van der Waals surface area contributed by atoms with E-state index in [1.54, 1.807) is 16.3 Å². The first kappa shape index (κ1) is 13.1. The van der Waals surface area contributed by atoms with Gasteiger partial charge in [-0.25, -0.2) is 4.98 Å². The van der Waals surface area contributed by atoms with Crippen LogP contribution in [0.2, 0.25) is 0 Å². The van der Waals surface area contributed by atoms with Gasteiger partial charge >= 0.3 is 0 Å². The first-order valence-corrected chi connectivity index (χ1v) is 7.60. The molecule has 3 aromatic rings. The number of hydrogen-bond acceptors (Lipinski definition) is 6. The number of unbranched alkanes of at least 4 members (excludes halogenated alkanes) is 1. The number of aromatic nitrogens is 5. The molecule has 20 heavy (non-hydrogen) atoms. The maximum Gasteiger partial charge on any atom is 0.224 e. The van der Waals surface area contributed by atoms with E-state index < -0.39 is 0 Å². The second-order valence-electron chi connectivity index (χ2n) is 4.63. The largest absolute Gasteiger partial charge is 0.368 e. The molecule has 2 N–H and O–H groups in total. The Kier molecular flexibility index (Phi) is 3.43. The highest BCUT2D eigenvalue weighted by atomic mass is 32.2. The molecule has 7 heteroatoms. The molecule has 0 aliphatic heterocycles. The molecule has 3 rings (SSSR count). The maximum absolute atomic E-state index is 5.81. The fourth-order valence-electron chi connectivity index (χ4n) is 1.97. The van der Waals surface area contributed by atoms with Crippen molar-refractivity contribution in [2.24, 2.45) is 0 Å². The molecular weight excluding hydrogens is 272 g/mol. The summed E-state index contributed by atoms with van der Waals surface area (Å²) in [5.41, 5.74) is 8.15. The van der Waals surface area contributed by atoms with E-state index in [-0.39, 0.29) is 5.95 Å². The smallest absolute Gasteiger partial charge is 0.224 e. The average molecular weight is 288 g/mol. The molecule has 6 nitrogen and oxygen atoms in total. The summed E-state index contributed by atoms with van der Waals surface area (Å²) < 4.78 is 1.74. The fourth-order valence-corrected chi connectivity index (χ4v) is 2.99. The van der Waals surface area contributed by atoms with Crippen LogP contribution in [0.4, 0.5) is 5.95 Å². The molecule has 0 fully saturated rings. The van der Waals surface area contributed by atoms with Crippen LogP contribution in [0.25, 0.3) is 16.7 Å². The SMILES string of the molecule is CCCCSc1nc(N)nc2c3ccc(C)nc3nn12. The van der Waals surface area contributed by atoms with Crippen molar-refractivity contribution in [3.63, 3.8) is 0 Å². The number of rotatable bonds is 4. The van der Waals surface area contributed by atoms with E-state index in [9.17, 15) is 0 Å². The van der Waals surface area contributed by atoms with Crippen molar-refractivity contribution in [1.29, 1.82) is 0 Å². The normalized spacial score (nSPS) is 11.5. The molecule has 3 aromatic heterocycles. The molecule has 0 atom stereocenters. The van der Waals surface area contributed by atoms with Crippen molar-refractivity contribution in [2.75, 3.05) is 11.5 Å². The zero-order chi connectivity index (χ0) is 14.1. The Morgan fingerprint density at radius 1 is 1.25 bits per heavy atom. The lowest BCUT2D eigenvalue weighted by Gasteiger charge is -2.03.